The molecule has 8 heteroatoms. The molecule has 1 N–H and O–H groups in total. The van der Waals surface area contributed by atoms with Crippen molar-refractivity contribution in [2.45, 2.75) is 26.0 Å². The minimum Gasteiger partial charge on any atom is -0.485 e. The second kappa shape index (κ2) is 7.96. The second-order valence-corrected chi connectivity index (χ2v) is 7.66. The van der Waals surface area contributed by atoms with Gasteiger partial charge < -0.3 is 14.6 Å². The van der Waals surface area contributed by atoms with Crippen LogP contribution in [0.15, 0.2) is 53.6 Å². The number of nitrogens with one attached hydrogen (secondary N) is 1. The van der Waals surface area contributed by atoms with E-state index < -0.39 is 5.82 Å². The summed E-state index contributed by atoms with van der Waals surface area (Å²) in [5.41, 5.74) is 4.74. The van der Waals surface area contributed by atoms with E-state index in [1.807, 2.05) is 12.1 Å². The number of aromatic nitrogens is 4. The maximum atomic E-state index is 13.0. The molecule has 1 aliphatic rings. The molecule has 0 radical (unpaired) electrons. The van der Waals surface area contributed by atoms with Crippen LogP contribution in [-0.4, -0.2) is 25.9 Å². The summed E-state index contributed by atoms with van der Waals surface area (Å²) in [6.45, 7) is 2.01. The fourth-order valence-electron chi connectivity index (χ4n) is 4.11. The van der Waals surface area contributed by atoms with Crippen molar-refractivity contribution in [1.82, 2.24) is 24.6 Å². The molecule has 1 aromatic carbocycles. The van der Waals surface area contributed by atoms with E-state index in [1.54, 1.807) is 0 Å². The smallest absolute Gasteiger partial charge is 0.275 e. The van der Waals surface area contributed by atoms with Gasteiger partial charge in [0.05, 0.1) is 29.3 Å². The highest BCUT2D eigenvalue weighted by Gasteiger charge is 2.17. The number of aryl methyl sites for hydroxylation is 1. The van der Waals surface area contributed by atoms with Gasteiger partial charge in [0.1, 0.15) is 18.2 Å². The van der Waals surface area contributed by atoms with Crippen LogP contribution in [0.1, 0.15) is 23.4 Å². The van der Waals surface area contributed by atoms with Gasteiger partial charge in [0.25, 0.3) is 5.56 Å². The summed E-state index contributed by atoms with van der Waals surface area (Å²) >= 11 is 0. The van der Waals surface area contributed by atoms with Gasteiger partial charge in [-0.1, -0.05) is 6.07 Å². The second-order valence-electron chi connectivity index (χ2n) is 7.66. The summed E-state index contributed by atoms with van der Waals surface area (Å²) in [7, 11) is 2.08. The van der Waals surface area contributed by atoms with Gasteiger partial charge in [0, 0.05) is 30.7 Å². The first-order valence-electron chi connectivity index (χ1n) is 10.2. The van der Waals surface area contributed by atoms with E-state index in [0.717, 1.165) is 37.6 Å². The van der Waals surface area contributed by atoms with Crippen LogP contribution in [-0.2, 0) is 26.6 Å². The standard InChI is InChI=1S/C23H22FN5O2/c1-28-21-3-2-8-25-13-20(21)19-7-6-17(9-22(19)28)29-23(30)10-18(12-27-29)31-14-16-5-4-15(24)11-26-16/h4-7,9-12,25H,2-3,8,13-14H2,1H3. The zero-order chi connectivity index (χ0) is 21.4. The van der Waals surface area contributed by atoms with Crippen LogP contribution in [0.5, 0.6) is 5.75 Å². The van der Waals surface area contributed by atoms with E-state index >= 15 is 0 Å². The van der Waals surface area contributed by atoms with Crippen molar-refractivity contribution in [3.63, 3.8) is 0 Å². The van der Waals surface area contributed by atoms with Crippen molar-refractivity contribution < 1.29 is 9.13 Å². The molecule has 31 heavy (non-hydrogen) atoms. The number of hydrogen-bond donors (Lipinski definition) is 1. The van der Waals surface area contributed by atoms with Gasteiger partial charge in [-0.3, -0.25) is 9.78 Å². The molecule has 0 atom stereocenters. The minimum atomic E-state index is -0.407. The van der Waals surface area contributed by atoms with Crippen LogP contribution < -0.4 is 15.6 Å². The Morgan fingerprint density at radius 1 is 1.19 bits per heavy atom. The molecule has 0 saturated carbocycles. The largest absolute Gasteiger partial charge is 0.485 e. The zero-order valence-corrected chi connectivity index (χ0v) is 17.1. The third-order valence-electron chi connectivity index (χ3n) is 5.68. The number of fused-ring (bicyclic) bond motifs is 3. The van der Waals surface area contributed by atoms with Crippen LogP contribution in [0.3, 0.4) is 0 Å². The predicted octanol–water partition coefficient (Wildman–Crippen LogP) is 2.87. The molecule has 3 aromatic heterocycles. The molecule has 4 aromatic rings. The normalized spacial score (nSPS) is 13.7. The van der Waals surface area contributed by atoms with Crippen molar-refractivity contribution in [1.29, 1.82) is 0 Å². The minimum absolute atomic E-state index is 0.125. The molecule has 0 spiro atoms. The number of ether oxygens (including phenoxy) is 1. The van der Waals surface area contributed by atoms with Gasteiger partial charge in [-0.15, -0.1) is 0 Å². The van der Waals surface area contributed by atoms with E-state index in [0.29, 0.717) is 17.1 Å². The quantitative estimate of drug-likeness (QED) is 0.551. The van der Waals surface area contributed by atoms with Crippen LogP contribution in [0, 0.1) is 5.82 Å². The molecule has 0 saturated heterocycles. The SMILES string of the molecule is Cn1c2c(c3ccc(-n4ncc(OCc5ccc(F)cn5)cc4=O)cc31)CNCCC2. The highest BCUT2D eigenvalue weighted by atomic mass is 19.1. The van der Waals surface area contributed by atoms with E-state index in [4.69, 9.17) is 4.74 Å². The summed E-state index contributed by atoms with van der Waals surface area (Å²) in [4.78, 5) is 16.6. The summed E-state index contributed by atoms with van der Waals surface area (Å²) in [6, 6.07) is 10.2. The fourth-order valence-corrected chi connectivity index (χ4v) is 4.11. The Kier molecular flexibility index (Phi) is 4.99. The first-order valence-corrected chi connectivity index (χ1v) is 10.2. The number of halogens is 1. The Morgan fingerprint density at radius 2 is 2.10 bits per heavy atom. The van der Waals surface area contributed by atoms with Gasteiger partial charge in [-0.2, -0.15) is 9.78 Å². The summed E-state index contributed by atoms with van der Waals surface area (Å²) in [6.07, 6.45) is 4.78. The van der Waals surface area contributed by atoms with Gasteiger partial charge in [0.2, 0.25) is 0 Å². The fraction of sp³-hybridized carbons (Fsp3) is 0.261. The van der Waals surface area contributed by atoms with Crippen molar-refractivity contribution in [2.75, 3.05) is 6.54 Å². The summed E-state index contributed by atoms with van der Waals surface area (Å²) in [5, 5.41) is 8.97. The summed E-state index contributed by atoms with van der Waals surface area (Å²) in [5.74, 6) is -0.0685. The topological polar surface area (TPSA) is 74.0 Å². The Hall–Kier alpha value is -3.52. The molecule has 5 rings (SSSR count). The predicted molar refractivity (Wildman–Crippen MR) is 115 cm³/mol. The van der Waals surface area contributed by atoms with Gasteiger partial charge in [-0.05, 0) is 49.2 Å². The van der Waals surface area contributed by atoms with Gasteiger partial charge >= 0.3 is 0 Å². The van der Waals surface area contributed by atoms with Gasteiger partial charge in [-0.25, -0.2) is 4.39 Å². The molecular weight excluding hydrogens is 397 g/mol. The molecule has 4 heterocycles. The lowest BCUT2D eigenvalue weighted by atomic mass is 10.1. The lowest BCUT2D eigenvalue weighted by Crippen LogP contribution is -2.20. The monoisotopic (exact) mass is 419 g/mol. The van der Waals surface area contributed by atoms with Crippen molar-refractivity contribution in [3.05, 3.63) is 81.9 Å². The van der Waals surface area contributed by atoms with E-state index in [2.05, 4.69) is 33.1 Å². The third-order valence-corrected chi connectivity index (χ3v) is 5.68. The Morgan fingerprint density at radius 3 is 2.90 bits per heavy atom. The Balaban J connectivity index is 1.42. The molecular formula is C23H22FN5O2. The number of benzene rings is 1. The van der Waals surface area contributed by atoms with Gasteiger partial charge in [0.15, 0.2) is 0 Å². The van der Waals surface area contributed by atoms with Crippen molar-refractivity contribution >= 4 is 10.9 Å². The maximum absolute atomic E-state index is 13.0. The van der Waals surface area contributed by atoms with E-state index in [9.17, 15) is 9.18 Å². The first-order chi connectivity index (χ1) is 15.1. The highest BCUT2D eigenvalue weighted by molar-refractivity contribution is 5.87. The molecule has 0 unspecified atom stereocenters. The molecule has 0 bridgehead atoms. The first kappa shape index (κ1) is 19.4. The highest BCUT2D eigenvalue weighted by Crippen LogP contribution is 2.29. The van der Waals surface area contributed by atoms with Crippen LogP contribution in [0.4, 0.5) is 4.39 Å². The molecule has 158 valence electrons. The third kappa shape index (κ3) is 3.70. The molecule has 0 aliphatic carbocycles. The number of pyridine rings is 1. The average Bonchev–Trinajstić information content (AvgIpc) is 2.93. The lowest BCUT2D eigenvalue weighted by Gasteiger charge is -2.09. The lowest BCUT2D eigenvalue weighted by molar-refractivity contribution is 0.298. The van der Waals surface area contributed by atoms with E-state index in [1.165, 1.54) is 45.7 Å². The molecule has 0 fully saturated rings. The molecule has 7 nitrogen and oxygen atoms in total. The number of nitrogens with zero attached hydrogens (tertiary/aromatic N) is 4. The average molecular weight is 419 g/mol. The van der Waals surface area contributed by atoms with Crippen LogP contribution in [0.2, 0.25) is 0 Å². The van der Waals surface area contributed by atoms with Crippen LogP contribution >= 0.6 is 0 Å². The maximum Gasteiger partial charge on any atom is 0.275 e. The number of hydrogen-bond acceptors (Lipinski definition) is 5. The summed E-state index contributed by atoms with van der Waals surface area (Å²) < 4.78 is 22.1. The molecule has 1 aliphatic heterocycles. The van der Waals surface area contributed by atoms with E-state index in [-0.39, 0.29) is 12.2 Å². The van der Waals surface area contributed by atoms with Crippen LogP contribution in [0.25, 0.3) is 16.6 Å². The molecule has 0 amide bonds. The Labute approximate surface area is 178 Å². The number of rotatable bonds is 4. The van der Waals surface area contributed by atoms with Crippen molar-refractivity contribution in [2.24, 2.45) is 7.05 Å². The van der Waals surface area contributed by atoms with Crippen molar-refractivity contribution in [3.8, 4) is 11.4 Å². The zero-order valence-electron chi connectivity index (χ0n) is 17.1. The Bertz CT molecular complexity index is 1310.